The Labute approximate surface area is 141 Å². The number of aryl methyl sites for hydroxylation is 1. The van der Waals surface area contributed by atoms with Gasteiger partial charge in [-0.25, -0.2) is 4.79 Å². The molecule has 1 N–H and O–H groups in total. The van der Waals surface area contributed by atoms with Gasteiger partial charge < -0.3 is 14.5 Å². The highest BCUT2D eigenvalue weighted by molar-refractivity contribution is 5.81. The van der Waals surface area contributed by atoms with Crippen LogP contribution in [0.2, 0.25) is 0 Å². The van der Waals surface area contributed by atoms with Crippen LogP contribution in [-0.4, -0.2) is 18.6 Å². The van der Waals surface area contributed by atoms with Crippen molar-refractivity contribution in [1.29, 1.82) is 0 Å². The molecule has 1 heterocycles. The number of hydrogen-bond acceptors (Lipinski definition) is 4. The summed E-state index contributed by atoms with van der Waals surface area (Å²) in [5.74, 6) is 0.417. The number of ether oxygens (including phenoxy) is 1. The SMILES string of the molecule is Cc1cc(=O)oc2cc(OCC(=O)NC3CCCCCC3)ccc12. The van der Waals surface area contributed by atoms with E-state index in [0.29, 0.717) is 11.3 Å². The van der Waals surface area contributed by atoms with Crippen LogP contribution >= 0.6 is 0 Å². The Hall–Kier alpha value is -2.30. The Morgan fingerprint density at radius 2 is 1.96 bits per heavy atom. The van der Waals surface area contributed by atoms with E-state index in [4.69, 9.17) is 9.15 Å². The van der Waals surface area contributed by atoms with Crippen molar-refractivity contribution in [2.24, 2.45) is 0 Å². The first-order valence-electron chi connectivity index (χ1n) is 8.58. The second kappa shape index (κ2) is 7.51. The van der Waals surface area contributed by atoms with Crippen LogP contribution in [0.3, 0.4) is 0 Å². The van der Waals surface area contributed by atoms with Gasteiger partial charge in [-0.15, -0.1) is 0 Å². The Bertz CT molecular complexity index is 773. The van der Waals surface area contributed by atoms with Gasteiger partial charge in [-0.05, 0) is 37.5 Å². The van der Waals surface area contributed by atoms with Gasteiger partial charge in [-0.1, -0.05) is 25.7 Å². The van der Waals surface area contributed by atoms with Gasteiger partial charge in [0.1, 0.15) is 11.3 Å². The molecule has 24 heavy (non-hydrogen) atoms. The van der Waals surface area contributed by atoms with Gasteiger partial charge in [0.05, 0.1) is 0 Å². The standard InChI is InChI=1S/C19H23NO4/c1-13-10-19(22)24-17-11-15(8-9-16(13)17)23-12-18(21)20-14-6-4-2-3-5-7-14/h8-11,14H,2-7,12H2,1H3,(H,20,21). The molecule has 1 fully saturated rings. The number of benzene rings is 1. The van der Waals surface area contributed by atoms with Crippen molar-refractivity contribution in [1.82, 2.24) is 5.32 Å². The second-order valence-electron chi connectivity index (χ2n) is 6.45. The fraction of sp³-hybridized carbons (Fsp3) is 0.474. The highest BCUT2D eigenvalue weighted by atomic mass is 16.5. The molecule has 128 valence electrons. The first kappa shape index (κ1) is 16.6. The molecule has 1 amide bonds. The summed E-state index contributed by atoms with van der Waals surface area (Å²) in [6.07, 6.45) is 6.96. The Morgan fingerprint density at radius 1 is 1.21 bits per heavy atom. The second-order valence-corrected chi connectivity index (χ2v) is 6.45. The third-order valence-electron chi connectivity index (χ3n) is 4.51. The van der Waals surface area contributed by atoms with Gasteiger partial charge in [0.15, 0.2) is 6.61 Å². The maximum atomic E-state index is 12.1. The molecule has 0 aliphatic heterocycles. The first-order chi connectivity index (χ1) is 11.6. The summed E-state index contributed by atoms with van der Waals surface area (Å²) in [5.41, 5.74) is 0.948. The lowest BCUT2D eigenvalue weighted by Gasteiger charge is -2.16. The molecule has 1 aliphatic carbocycles. The Morgan fingerprint density at radius 3 is 2.71 bits per heavy atom. The smallest absolute Gasteiger partial charge is 0.336 e. The Balaban J connectivity index is 1.60. The highest BCUT2D eigenvalue weighted by Crippen LogP contribution is 2.22. The highest BCUT2D eigenvalue weighted by Gasteiger charge is 2.15. The van der Waals surface area contributed by atoms with Gasteiger partial charge in [-0.2, -0.15) is 0 Å². The van der Waals surface area contributed by atoms with E-state index in [1.807, 2.05) is 13.0 Å². The number of rotatable bonds is 4. The number of fused-ring (bicyclic) bond motifs is 1. The summed E-state index contributed by atoms with van der Waals surface area (Å²) in [6, 6.07) is 7.01. The van der Waals surface area contributed by atoms with Crippen LogP contribution < -0.4 is 15.7 Å². The van der Waals surface area contributed by atoms with E-state index in [0.717, 1.165) is 23.8 Å². The van der Waals surface area contributed by atoms with Crippen LogP contribution in [0, 0.1) is 6.92 Å². The van der Waals surface area contributed by atoms with Crippen LogP contribution in [-0.2, 0) is 4.79 Å². The fourth-order valence-corrected chi connectivity index (χ4v) is 3.24. The van der Waals surface area contributed by atoms with E-state index >= 15 is 0 Å². The minimum atomic E-state index is -0.386. The molecule has 0 bridgehead atoms. The maximum Gasteiger partial charge on any atom is 0.336 e. The fourth-order valence-electron chi connectivity index (χ4n) is 3.24. The van der Waals surface area contributed by atoms with Crippen molar-refractivity contribution in [3.05, 3.63) is 40.2 Å². The zero-order valence-corrected chi connectivity index (χ0v) is 14.0. The van der Waals surface area contributed by atoms with Gasteiger partial charge in [0, 0.05) is 23.6 Å². The first-order valence-corrected chi connectivity index (χ1v) is 8.58. The van der Waals surface area contributed by atoms with Crippen molar-refractivity contribution in [2.45, 2.75) is 51.5 Å². The topological polar surface area (TPSA) is 68.5 Å². The van der Waals surface area contributed by atoms with Gasteiger partial charge in [0.2, 0.25) is 0 Å². The minimum absolute atomic E-state index is 0.0297. The largest absolute Gasteiger partial charge is 0.484 e. The summed E-state index contributed by atoms with van der Waals surface area (Å²) in [7, 11) is 0. The summed E-state index contributed by atoms with van der Waals surface area (Å²) in [4.78, 5) is 23.5. The summed E-state index contributed by atoms with van der Waals surface area (Å²) in [5, 5.41) is 3.91. The maximum absolute atomic E-state index is 12.1. The minimum Gasteiger partial charge on any atom is -0.484 e. The molecule has 0 radical (unpaired) electrons. The van der Waals surface area contributed by atoms with Crippen molar-refractivity contribution < 1.29 is 13.9 Å². The summed E-state index contributed by atoms with van der Waals surface area (Å²) >= 11 is 0. The summed E-state index contributed by atoms with van der Waals surface area (Å²) < 4.78 is 10.7. The molecule has 0 atom stereocenters. The third-order valence-corrected chi connectivity index (χ3v) is 4.51. The Kier molecular flexibility index (Phi) is 5.18. The van der Waals surface area contributed by atoms with Crippen molar-refractivity contribution >= 4 is 16.9 Å². The normalized spacial score (nSPS) is 15.9. The average molecular weight is 329 g/mol. The molecule has 3 rings (SSSR count). The lowest BCUT2D eigenvalue weighted by molar-refractivity contribution is -0.123. The molecule has 5 nitrogen and oxygen atoms in total. The molecule has 1 aromatic heterocycles. The molecular formula is C19H23NO4. The van der Waals surface area contributed by atoms with E-state index in [2.05, 4.69) is 5.32 Å². The van der Waals surface area contributed by atoms with E-state index in [1.54, 1.807) is 12.1 Å². The van der Waals surface area contributed by atoms with Crippen LogP contribution in [0.5, 0.6) is 5.75 Å². The van der Waals surface area contributed by atoms with Gasteiger partial charge in [0.25, 0.3) is 5.91 Å². The van der Waals surface area contributed by atoms with Crippen molar-refractivity contribution in [3.63, 3.8) is 0 Å². The van der Waals surface area contributed by atoms with Gasteiger partial charge in [-0.3, -0.25) is 4.79 Å². The number of amides is 1. The molecule has 1 aromatic carbocycles. The molecule has 0 spiro atoms. The third kappa shape index (κ3) is 4.16. The number of carbonyl (C=O) groups is 1. The van der Waals surface area contributed by atoms with Crippen LogP contribution in [0.25, 0.3) is 11.0 Å². The predicted octanol–water partition coefficient (Wildman–Crippen LogP) is 3.32. The number of carbonyl (C=O) groups excluding carboxylic acids is 1. The quantitative estimate of drug-likeness (QED) is 0.690. The summed E-state index contributed by atoms with van der Waals surface area (Å²) in [6.45, 7) is 1.83. The lowest BCUT2D eigenvalue weighted by Crippen LogP contribution is -2.37. The number of hydrogen-bond donors (Lipinski definition) is 1. The van der Waals surface area contributed by atoms with E-state index in [1.165, 1.54) is 31.7 Å². The van der Waals surface area contributed by atoms with E-state index in [-0.39, 0.29) is 24.2 Å². The molecular weight excluding hydrogens is 306 g/mol. The monoisotopic (exact) mass is 329 g/mol. The molecule has 2 aromatic rings. The van der Waals surface area contributed by atoms with Crippen LogP contribution in [0.1, 0.15) is 44.1 Å². The van der Waals surface area contributed by atoms with E-state index < -0.39 is 0 Å². The zero-order chi connectivity index (χ0) is 16.9. The van der Waals surface area contributed by atoms with Crippen LogP contribution in [0.4, 0.5) is 0 Å². The van der Waals surface area contributed by atoms with Crippen molar-refractivity contribution in [3.8, 4) is 5.75 Å². The average Bonchev–Trinajstić information content (AvgIpc) is 2.81. The molecule has 0 unspecified atom stereocenters. The molecule has 0 saturated heterocycles. The molecule has 1 saturated carbocycles. The zero-order valence-electron chi connectivity index (χ0n) is 14.0. The molecule has 5 heteroatoms. The predicted molar refractivity (Wildman–Crippen MR) is 92.3 cm³/mol. The lowest BCUT2D eigenvalue weighted by atomic mass is 10.1. The van der Waals surface area contributed by atoms with Gasteiger partial charge >= 0.3 is 5.63 Å². The van der Waals surface area contributed by atoms with Crippen molar-refractivity contribution in [2.75, 3.05) is 6.61 Å². The van der Waals surface area contributed by atoms with Crippen LogP contribution in [0.15, 0.2) is 33.5 Å². The van der Waals surface area contributed by atoms with E-state index in [9.17, 15) is 9.59 Å². The number of nitrogens with one attached hydrogen (secondary N) is 1. The molecule has 1 aliphatic rings.